The van der Waals surface area contributed by atoms with Crippen LogP contribution in [0.3, 0.4) is 0 Å². The molecule has 3 aromatic carbocycles. The number of para-hydroxylation sites is 1. The number of hydrogen-bond acceptors (Lipinski definition) is 4. The number of methoxy groups -OCH3 is 1. The maximum atomic E-state index is 13.8. The first-order valence-corrected chi connectivity index (χ1v) is 12.4. The SMILES string of the molecule is COc1ccc(C)cc1S(=O)(=O)N(CC(=O)N[C@H]1CCCc2ccccc21)c1ccccc1. The Hall–Kier alpha value is -3.32. The fourth-order valence-electron chi connectivity index (χ4n) is 4.29. The molecule has 3 aromatic rings. The van der Waals surface area contributed by atoms with Crippen LogP contribution >= 0.6 is 0 Å². The van der Waals surface area contributed by atoms with E-state index in [1.807, 2.05) is 25.1 Å². The quantitative estimate of drug-likeness (QED) is 0.563. The van der Waals surface area contributed by atoms with Crippen molar-refractivity contribution in [3.05, 3.63) is 89.5 Å². The van der Waals surface area contributed by atoms with Crippen molar-refractivity contribution in [1.82, 2.24) is 5.32 Å². The summed E-state index contributed by atoms with van der Waals surface area (Å²) < 4.78 is 34.0. The van der Waals surface area contributed by atoms with Crippen LogP contribution in [0.2, 0.25) is 0 Å². The summed E-state index contributed by atoms with van der Waals surface area (Å²) in [5.41, 5.74) is 3.53. The largest absolute Gasteiger partial charge is 0.495 e. The van der Waals surface area contributed by atoms with E-state index >= 15 is 0 Å². The zero-order chi connectivity index (χ0) is 23.4. The molecule has 1 N–H and O–H groups in total. The fraction of sp³-hybridized carbons (Fsp3) is 0.269. The average molecular weight is 465 g/mol. The van der Waals surface area contributed by atoms with Gasteiger partial charge in [0.05, 0.1) is 18.8 Å². The lowest BCUT2D eigenvalue weighted by atomic mass is 9.88. The fourth-order valence-corrected chi connectivity index (χ4v) is 5.95. The highest BCUT2D eigenvalue weighted by atomic mass is 32.2. The monoisotopic (exact) mass is 464 g/mol. The van der Waals surface area contributed by atoms with Gasteiger partial charge in [-0.15, -0.1) is 0 Å². The Balaban J connectivity index is 1.66. The van der Waals surface area contributed by atoms with Gasteiger partial charge in [-0.25, -0.2) is 8.42 Å². The third-order valence-corrected chi connectivity index (χ3v) is 7.72. The molecule has 6 nitrogen and oxygen atoms in total. The summed E-state index contributed by atoms with van der Waals surface area (Å²) in [6.45, 7) is 1.49. The predicted molar refractivity (Wildman–Crippen MR) is 129 cm³/mol. The molecule has 0 spiro atoms. The molecule has 0 bridgehead atoms. The van der Waals surface area contributed by atoms with E-state index < -0.39 is 10.0 Å². The molecular formula is C26H28N2O4S. The molecule has 1 aliphatic carbocycles. The third-order valence-electron chi connectivity index (χ3n) is 5.92. The van der Waals surface area contributed by atoms with Gasteiger partial charge in [-0.3, -0.25) is 9.10 Å². The normalized spacial score (nSPS) is 15.4. The highest BCUT2D eigenvalue weighted by Crippen LogP contribution is 2.32. The van der Waals surface area contributed by atoms with Crippen LogP contribution in [-0.4, -0.2) is 28.0 Å². The molecule has 33 heavy (non-hydrogen) atoms. The van der Waals surface area contributed by atoms with Crippen molar-refractivity contribution in [1.29, 1.82) is 0 Å². The molecule has 0 unspecified atom stereocenters. The van der Waals surface area contributed by atoms with Crippen molar-refractivity contribution in [2.24, 2.45) is 0 Å². The Bertz CT molecular complexity index is 1240. The number of nitrogens with one attached hydrogen (secondary N) is 1. The molecule has 0 saturated heterocycles. The summed E-state index contributed by atoms with van der Waals surface area (Å²) in [7, 11) is -2.63. The molecule has 172 valence electrons. The molecule has 1 amide bonds. The van der Waals surface area contributed by atoms with Crippen LogP contribution in [0.1, 0.15) is 35.6 Å². The number of anilines is 1. The summed E-state index contributed by atoms with van der Waals surface area (Å²) in [5.74, 6) is -0.112. The molecule has 4 rings (SSSR count). The summed E-state index contributed by atoms with van der Waals surface area (Å²) in [6, 6.07) is 21.6. The smallest absolute Gasteiger partial charge is 0.268 e. The Morgan fingerprint density at radius 1 is 1.06 bits per heavy atom. The molecule has 0 heterocycles. The van der Waals surface area contributed by atoms with Gasteiger partial charge in [-0.05, 0) is 67.1 Å². The van der Waals surface area contributed by atoms with Gasteiger partial charge < -0.3 is 10.1 Å². The summed E-state index contributed by atoms with van der Waals surface area (Å²) in [5, 5.41) is 3.06. The number of carbonyl (C=O) groups excluding carboxylic acids is 1. The molecule has 0 fully saturated rings. The lowest BCUT2D eigenvalue weighted by Crippen LogP contribution is -2.42. The zero-order valence-corrected chi connectivity index (χ0v) is 19.6. The van der Waals surface area contributed by atoms with Crippen molar-refractivity contribution >= 4 is 21.6 Å². The third kappa shape index (κ3) is 4.88. The Morgan fingerprint density at radius 2 is 1.79 bits per heavy atom. The van der Waals surface area contributed by atoms with Gasteiger partial charge in [0.25, 0.3) is 10.0 Å². The van der Waals surface area contributed by atoms with Gasteiger partial charge in [0.15, 0.2) is 0 Å². The first kappa shape index (κ1) is 22.9. The van der Waals surface area contributed by atoms with Gasteiger partial charge in [0, 0.05) is 0 Å². The van der Waals surface area contributed by atoms with Crippen LogP contribution in [0.4, 0.5) is 5.69 Å². The number of nitrogens with zero attached hydrogens (tertiary/aromatic N) is 1. The summed E-state index contributed by atoms with van der Waals surface area (Å²) in [4.78, 5) is 13.2. The lowest BCUT2D eigenvalue weighted by molar-refractivity contribution is -0.120. The Morgan fingerprint density at radius 3 is 2.55 bits per heavy atom. The number of amides is 1. The number of fused-ring (bicyclic) bond motifs is 1. The van der Waals surface area contributed by atoms with Crippen LogP contribution in [0.25, 0.3) is 0 Å². The van der Waals surface area contributed by atoms with Crippen molar-refractivity contribution in [3.8, 4) is 5.75 Å². The van der Waals surface area contributed by atoms with Gasteiger partial charge in [0.2, 0.25) is 5.91 Å². The molecule has 0 aliphatic heterocycles. The standard InChI is InChI=1S/C26H28N2O4S/c1-19-15-16-24(32-2)25(17-19)33(30,31)28(21-11-4-3-5-12-21)18-26(29)27-23-14-8-10-20-9-6-7-13-22(20)23/h3-7,9,11-13,15-17,23H,8,10,14,18H2,1-2H3,(H,27,29)/t23-/m0/s1. The number of hydrogen-bond donors (Lipinski definition) is 1. The minimum Gasteiger partial charge on any atom is -0.495 e. The predicted octanol–water partition coefficient (Wildman–Crippen LogP) is 4.39. The van der Waals surface area contributed by atoms with Crippen molar-refractivity contribution in [2.45, 2.75) is 37.1 Å². The minimum absolute atomic E-state index is 0.0321. The van der Waals surface area contributed by atoms with E-state index in [1.54, 1.807) is 48.5 Å². The van der Waals surface area contributed by atoms with Gasteiger partial charge in [0.1, 0.15) is 17.2 Å². The molecule has 1 atom stereocenters. The first-order chi connectivity index (χ1) is 15.9. The van der Waals surface area contributed by atoms with E-state index in [9.17, 15) is 13.2 Å². The van der Waals surface area contributed by atoms with Crippen LogP contribution in [0.15, 0.2) is 77.7 Å². The minimum atomic E-state index is -4.07. The zero-order valence-electron chi connectivity index (χ0n) is 18.8. The first-order valence-electron chi connectivity index (χ1n) is 11.0. The Kier molecular flexibility index (Phi) is 6.70. The number of carbonyl (C=O) groups is 1. The highest BCUT2D eigenvalue weighted by molar-refractivity contribution is 7.93. The van der Waals surface area contributed by atoms with Crippen molar-refractivity contribution in [2.75, 3.05) is 18.0 Å². The second-order valence-electron chi connectivity index (χ2n) is 8.21. The second kappa shape index (κ2) is 9.67. The molecule has 0 radical (unpaired) electrons. The van der Waals surface area contributed by atoms with E-state index in [0.29, 0.717) is 5.69 Å². The topological polar surface area (TPSA) is 75.7 Å². The molecule has 7 heteroatoms. The van der Waals surface area contributed by atoms with E-state index in [0.717, 1.165) is 34.7 Å². The molecule has 1 aliphatic rings. The van der Waals surface area contributed by atoms with E-state index in [1.165, 1.54) is 12.7 Å². The van der Waals surface area contributed by atoms with Gasteiger partial charge in [-0.2, -0.15) is 0 Å². The van der Waals surface area contributed by atoms with E-state index in [2.05, 4.69) is 11.4 Å². The maximum Gasteiger partial charge on any atom is 0.268 e. The van der Waals surface area contributed by atoms with E-state index in [-0.39, 0.29) is 29.1 Å². The summed E-state index contributed by atoms with van der Waals surface area (Å²) in [6.07, 6.45) is 2.79. The second-order valence-corrected chi connectivity index (χ2v) is 10.0. The molecular weight excluding hydrogens is 436 g/mol. The molecule has 0 saturated carbocycles. The van der Waals surface area contributed by atoms with Crippen LogP contribution < -0.4 is 14.4 Å². The van der Waals surface area contributed by atoms with Gasteiger partial charge in [-0.1, -0.05) is 48.5 Å². The number of aryl methyl sites for hydroxylation is 2. The van der Waals surface area contributed by atoms with Crippen molar-refractivity contribution in [3.63, 3.8) is 0 Å². The van der Waals surface area contributed by atoms with E-state index in [4.69, 9.17) is 4.74 Å². The Labute approximate surface area is 195 Å². The number of rotatable bonds is 7. The van der Waals surface area contributed by atoms with Crippen LogP contribution in [0.5, 0.6) is 5.75 Å². The highest BCUT2D eigenvalue weighted by Gasteiger charge is 2.31. The number of sulfonamides is 1. The average Bonchev–Trinajstić information content (AvgIpc) is 2.83. The number of ether oxygens (including phenoxy) is 1. The lowest BCUT2D eigenvalue weighted by Gasteiger charge is -2.29. The number of benzene rings is 3. The van der Waals surface area contributed by atoms with Crippen LogP contribution in [0, 0.1) is 6.92 Å². The van der Waals surface area contributed by atoms with Crippen LogP contribution in [-0.2, 0) is 21.2 Å². The maximum absolute atomic E-state index is 13.8. The summed E-state index contributed by atoms with van der Waals surface area (Å²) >= 11 is 0. The van der Waals surface area contributed by atoms with Crippen molar-refractivity contribution < 1.29 is 17.9 Å². The van der Waals surface area contributed by atoms with Gasteiger partial charge >= 0.3 is 0 Å². The molecule has 0 aromatic heterocycles.